The van der Waals surface area contributed by atoms with Crippen LogP contribution in [0.5, 0.6) is 0 Å². The van der Waals surface area contributed by atoms with E-state index in [1.165, 1.54) is 6.92 Å². The number of hydrogen-bond acceptors (Lipinski definition) is 4. The summed E-state index contributed by atoms with van der Waals surface area (Å²) in [4.78, 5) is 21.1. The van der Waals surface area contributed by atoms with Gasteiger partial charge in [0.1, 0.15) is 5.82 Å². The molecule has 1 amide bonds. The summed E-state index contributed by atoms with van der Waals surface area (Å²) >= 11 is 0. The van der Waals surface area contributed by atoms with Gasteiger partial charge in [0.15, 0.2) is 0 Å². The van der Waals surface area contributed by atoms with Gasteiger partial charge in [-0.15, -0.1) is 0 Å². The van der Waals surface area contributed by atoms with Gasteiger partial charge in [0.25, 0.3) is 5.91 Å². The van der Waals surface area contributed by atoms with Crippen LogP contribution >= 0.6 is 0 Å². The first-order valence-electron chi connectivity index (χ1n) is 6.32. The summed E-state index contributed by atoms with van der Waals surface area (Å²) in [6.07, 6.45) is 1.10. The Kier molecular flexibility index (Phi) is 5.31. The summed E-state index contributed by atoms with van der Waals surface area (Å²) in [7, 11) is 0. The fraction of sp³-hybridized carbons (Fsp3) is 0.462. The SMILES string of the molecule is CCCC(C)(O)CNC(=O)c1cc(F)c([N+](=O)[O-])cc1F. The van der Waals surface area contributed by atoms with Crippen LogP contribution in [0.4, 0.5) is 14.5 Å². The minimum atomic E-state index is -1.30. The normalized spacial score (nSPS) is 13.6. The molecule has 0 radical (unpaired) electrons. The zero-order valence-corrected chi connectivity index (χ0v) is 11.7. The number of carbonyl (C=O) groups is 1. The van der Waals surface area contributed by atoms with Gasteiger partial charge in [-0.2, -0.15) is 4.39 Å². The Balaban J connectivity index is 2.89. The molecule has 0 saturated heterocycles. The molecule has 0 aliphatic carbocycles. The number of carbonyl (C=O) groups excluding carboxylic acids is 1. The minimum absolute atomic E-state index is 0.141. The first-order chi connectivity index (χ1) is 9.68. The van der Waals surface area contributed by atoms with Gasteiger partial charge in [0.2, 0.25) is 5.82 Å². The number of nitro groups is 1. The van der Waals surface area contributed by atoms with Crippen molar-refractivity contribution < 1.29 is 23.6 Å². The molecule has 0 aromatic heterocycles. The molecule has 0 bridgehead atoms. The third kappa shape index (κ3) is 4.45. The van der Waals surface area contributed by atoms with Crippen LogP contribution in [0.1, 0.15) is 37.0 Å². The highest BCUT2D eigenvalue weighted by molar-refractivity contribution is 5.94. The van der Waals surface area contributed by atoms with E-state index in [9.17, 15) is 28.8 Å². The van der Waals surface area contributed by atoms with Crippen molar-refractivity contribution in [2.24, 2.45) is 0 Å². The molecule has 0 heterocycles. The van der Waals surface area contributed by atoms with E-state index in [4.69, 9.17) is 0 Å². The Morgan fingerprint density at radius 3 is 2.57 bits per heavy atom. The average molecular weight is 302 g/mol. The van der Waals surface area contributed by atoms with Crippen LogP contribution in [0.15, 0.2) is 12.1 Å². The molecule has 1 aromatic rings. The first-order valence-corrected chi connectivity index (χ1v) is 6.32. The van der Waals surface area contributed by atoms with Gasteiger partial charge in [-0.3, -0.25) is 14.9 Å². The molecule has 0 saturated carbocycles. The second-order valence-corrected chi connectivity index (χ2v) is 4.97. The lowest BCUT2D eigenvalue weighted by molar-refractivity contribution is -0.387. The Morgan fingerprint density at radius 2 is 2.05 bits per heavy atom. The monoisotopic (exact) mass is 302 g/mol. The van der Waals surface area contributed by atoms with Crippen molar-refractivity contribution in [3.05, 3.63) is 39.4 Å². The quantitative estimate of drug-likeness (QED) is 0.622. The molecular weight excluding hydrogens is 286 g/mol. The van der Waals surface area contributed by atoms with E-state index >= 15 is 0 Å². The molecule has 8 heteroatoms. The van der Waals surface area contributed by atoms with Crippen LogP contribution in [0.2, 0.25) is 0 Å². The number of amides is 1. The molecule has 116 valence electrons. The third-order valence-electron chi connectivity index (χ3n) is 2.90. The van der Waals surface area contributed by atoms with Crippen LogP contribution < -0.4 is 5.32 Å². The Labute approximate surface area is 119 Å². The third-order valence-corrected chi connectivity index (χ3v) is 2.90. The standard InChI is InChI=1S/C13H16F2N2O4/c1-3-4-13(2,19)7-16-12(18)8-5-10(15)11(17(20)21)6-9(8)14/h5-6,19H,3-4,7H2,1-2H3,(H,16,18). The van der Waals surface area contributed by atoms with Crippen molar-refractivity contribution >= 4 is 11.6 Å². The second kappa shape index (κ2) is 6.57. The molecule has 1 rings (SSSR count). The highest BCUT2D eigenvalue weighted by atomic mass is 19.1. The molecule has 6 nitrogen and oxygen atoms in total. The summed E-state index contributed by atoms with van der Waals surface area (Å²) in [5.74, 6) is -3.44. The molecule has 1 aromatic carbocycles. The van der Waals surface area contributed by atoms with Gasteiger partial charge in [0, 0.05) is 6.54 Å². The van der Waals surface area contributed by atoms with Crippen LogP contribution in [-0.2, 0) is 0 Å². The van der Waals surface area contributed by atoms with Gasteiger partial charge in [-0.05, 0) is 19.4 Å². The largest absolute Gasteiger partial charge is 0.388 e. The predicted octanol–water partition coefficient (Wildman–Crippen LogP) is 2.15. The lowest BCUT2D eigenvalue weighted by Gasteiger charge is -2.22. The topological polar surface area (TPSA) is 92.5 Å². The van der Waals surface area contributed by atoms with Crippen molar-refractivity contribution in [1.29, 1.82) is 0 Å². The molecule has 0 aliphatic heterocycles. The first kappa shape index (κ1) is 17.0. The fourth-order valence-corrected chi connectivity index (χ4v) is 1.84. The lowest BCUT2D eigenvalue weighted by Crippen LogP contribution is -2.40. The van der Waals surface area contributed by atoms with Crippen molar-refractivity contribution in [1.82, 2.24) is 5.32 Å². The van der Waals surface area contributed by atoms with Gasteiger partial charge in [-0.25, -0.2) is 4.39 Å². The van der Waals surface area contributed by atoms with E-state index in [1.54, 1.807) is 0 Å². The van der Waals surface area contributed by atoms with Crippen molar-refractivity contribution in [3.63, 3.8) is 0 Å². The molecule has 0 fully saturated rings. The van der Waals surface area contributed by atoms with Crippen LogP contribution in [0, 0.1) is 21.7 Å². The van der Waals surface area contributed by atoms with E-state index in [0.717, 1.165) is 0 Å². The second-order valence-electron chi connectivity index (χ2n) is 4.97. The molecule has 1 unspecified atom stereocenters. The highest BCUT2D eigenvalue weighted by Gasteiger charge is 2.24. The minimum Gasteiger partial charge on any atom is -0.388 e. The molecule has 0 spiro atoms. The molecular formula is C13H16F2N2O4. The number of rotatable bonds is 6. The van der Waals surface area contributed by atoms with Crippen LogP contribution in [-0.4, -0.2) is 28.1 Å². The Bertz CT molecular complexity index is 561. The number of nitrogens with zero attached hydrogens (tertiary/aromatic N) is 1. The summed E-state index contributed by atoms with van der Waals surface area (Å²) < 4.78 is 27.0. The summed E-state index contributed by atoms with van der Waals surface area (Å²) in [6, 6.07) is 0.825. The van der Waals surface area contributed by atoms with Crippen molar-refractivity contribution in [2.75, 3.05) is 6.54 Å². The number of halogens is 2. The number of aliphatic hydroxyl groups is 1. The maximum absolute atomic E-state index is 13.6. The van der Waals surface area contributed by atoms with Gasteiger partial charge < -0.3 is 10.4 Å². The lowest BCUT2D eigenvalue weighted by atomic mass is 10.0. The zero-order valence-electron chi connectivity index (χ0n) is 11.7. The summed E-state index contributed by atoms with van der Waals surface area (Å²) in [6.45, 7) is 3.21. The van der Waals surface area contributed by atoms with Gasteiger partial charge >= 0.3 is 5.69 Å². The Hall–Kier alpha value is -2.09. The average Bonchev–Trinajstić information content (AvgIpc) is 2.38. The molecule has 0 aliphatic rings. The number of nitro benzene ring substituents is 1. The van der Waals surface area contributed by atoms with Gasteiger partial charge in [-0.1, -0.05) is 13.3 Å². The van der Waals surface area contributed by atoms with Crippen molar-refractivity contribution in [2.45, 2.75) is 32.3 Å². The number of benzene rings is 1. The maximum atomic E-state index is 13.6. The van der Waals surface area contributed by atoms with E-state index in [1.807, 2.05) is 6.92 Å². The fourth-order valence-electron chi connectivity index (χ4n) is 1.84. The van der Waals surface area contributed by atoms with Crippen LogP contribution in [0.3, 0.4) is 0 Å². The zero-order chi connectivity index (χ0) is 16.2. The highest BCUT2D eigenvalue weighted by Crippen LogP contribution is 2.21. The smallest absolute Gasteiger partial charge is 0.307 e. The number of hydrogen-bond donors (Lipinski definition) is 2. The molecule has 21 heavy (non-hydrogen) atoms. The van der Waals surface area contributed by atoms with E-state index in [2.05, 4.69) is 5.32 Å². The van der Waals surface area contributed by atoms with Crippen molar-refractivity contribution in [3.8, 4) is 0 Å². The molecule has 1 atom stereocenters. The Morgan fingerprint density at radius 1 is 1.43 bits per heavy atom. The van der Waals surface area contributed by atoms with Crippen LogP contribution in [0.25, 0.3) is 0 Å². The van der Waals surface area contributed by atoms with E-state index in [-0.39, 0.29) is 6.54 Å². The number of nitrogens with one attached hydrogen (secondary N) is 1. The molecule has 2 N–H and O–H groups in total. The maximum Gasteiger partial charge on any atom is 0.307 e. The summed E-state index contributed by atoms with van der Waals surface area (Å²) in [5, 5.41) is 22.6. The predicted molar refractivity (Wildman–Crippen MR) is 70.9 cm³/mol. The van der Waals surface area contributed by atoms with Gasteiger partial charge in [0.05, 0.1) is 22.2 Å². The van der Waals surface area contributed by atoms with E-state index < -0.39 is 39.3 Å². The summed E-state index contributed by atoms with van der Waals surface area (Å²) in [5.41, 5.74) is -2.85. The van der Waals surface area contributed by atoms with E-state index in [0.29, 0.717) is 25.0 Å².